The number of benzene rings is 1. The second-order valence-corrected chi connectivity index (χ2v) is 12.7. The number of aliphatic hydroxyl groups excluding tert-OH is 1. The van der Waals surface area contributed by atoms with Crippen molar-refractivity contribution in [3.8, 4) is 0 Å². The minimum atomic E-state index is -1.14. The number of carbonyl (C=O) groups excluding carboxylic acids is 3. The Morgan fingerprint density at radius 3 is 2.45 bits per heavy atom. The molecule has 0 radical (unpaired) electrons. The van der Waals surface area contributed by atoms with Crippen LogP contribution in [0.4, 0.5) is 0 Å². The van der Waals surface area contributed by atoms with Crippen LogP contribution in [-0.4, -0.2) is 92.4 Å². The van der Waals surface area contributed by atoms with Gasteiger partial charge in [-0.25, -0.2) is 0 Å². The summed E-state index contributed by atoms with van der Waals surface area (Å²) in [7, 11) is 0. The number of hydrogen-bond acceptors (Lipinski definition) is 5. The molecule has 2 bridgehead atoms. The monoisotopic (exact) mass is 613 g/mol. The van der Waals surface area contributed by atoms with E-state index in [-0.39, 0.29) is 41.7 Å². The van der Waals surface area contributed by atoms with Crippen LogP contribution in [0.2, 0.25) is 0 Å². The van der Waals surface area contributed by atoms with Gasteiger partial charge in [-0.3, -0.25) is 14.4 Å². The molecule has 3 unspecified atom stereocenters. The summed E-state index contributed by atoms with van der Waals surface area (Å²) in [6.45, 7) is 8.58. The molecule has 8 nitrogen and oxygen atoms in total. The van der Waals surface area contributed by atoms with E-state index in [1.165, 1.54) is 4.90 Å². The summed E-state index contributed by atoms with van der Waals surface area (Å²) in [6, 6.07) is 8.90. The van der Waals surface area contributed by atoms with Crippen molar-refractivity contribution in [2.45, 2.75) is 73.7 Å². The number of ether oxygens (including phenoxy) is 1. The average Bonchev–Trinajstić information content (AvgIpc) is 3.55. The van der Waals surface area contributed by atoms with Crippen LogP contribution in [0.15, 0.2) is 55.6 Å². The lowest BCUT2D eigenvalue weighted by Crippen LogP contribution is -2.59. The lowest BCUT2D eigenvalue weighted by Gasteiger charge is -2.41. The van der Waals surface area contributed by atoms with E-state index in [2.05, 4.69) is 29.1 Å². The fourth-order valence-electron chi connectivity index (χ4n) is 7.55. The molecule has 1 aromatic carbocycles. The Kier molecular flexibility index (Phi) is 8.83. The summed E-state index contributed by atoms with van der Waals surface area (Å²) in [4.78, 5) is 47.7. The minimum absolute atomic E-state index is 0.0162. The molecule has 216 valence electrons. The highest BCUT2D eigenvalue weighted by molar-refractivity contribution is 9.09. The molecule has 1 aliphatic carbocycles. The summed E-state index contributed by atoms with van der Waals surface area (Å²) < 4.78 is 6.67. The molecule has 6 atom stereocenters. The van der Waals surface area contributed by atoms with E-state index in [4.69, 9.17) is 4.74 Å². The van der Waals surface area contributed by atoms with E-state index in [0.29, 0.717) is 26.1 Å². The molecule has 5 rings (SSSR count). The van der Waals surface area contributed by atoms with Gasteiger partial charge in [-0.2, -0.15) is 0 Å². The first kappa shape index (κ1) is 29.0. The zero-order valence-electron chi connectivity index (χ0n) is 23.0. The van der Waals surface area contributed by atoms with Crippen molar-refractivity contribution in [3.05, 3.63) is 61.2 Å². The Balaban J connectivity index is 1.50. The van der Waals surface area contributed by atoms with Crippen LogP contribution in [0.25, 0.3) is 0 Å². The molecule has 3 aliphatic heterocycles. The molecule has 1 saturated carbocycles. The normalized spacial score (nSPS) is 31.2. The van der Waals surface area contributed by atoms with Crippen molar-refractivity contribution in [2.24, 2.45) is 11.8 Å². The quantitative estimate of drug-likeness (QED) is 0.305. The molecule has 0 aromatic heterocycles. The summed E-state index contributed by atoms with van der Waals surface area (Å²) in [5.74, 6) is -2.16. The number of nitrogens with zero attached hydrogens (tertiary/aromatic N) is 3. The molecule has 1 aromatic rings. The molecule has 1 N–H and O–H groups in total. The van der Waals surface area contributed by atoms with Crippen LogP contribution >= 0.6 is 15.9 Å². The van der Waals surface area contributed by atoms with Crippen molar-refractivity contribution in [1.82, 2.24) is 14.7 Å². The molecule has 3 amide bonds. The molecule has 4 aliphatic rings. The zero-order chi connectivity index (χ0) is 28.4. The smallest absolute Gasteiger partial charge is 0.248 e. The summed E-state index contributed by atoms with van der Waals surface area (Å²) in [5, 5.41) is 9.94. The number of amides is 3. The number of alkyl halides is 1. The van der Waals surface area contributed by atoms with Crippen molar-refractivity contribution in [3.63, 3.8) is 0 Å². The first-order valence-corrected chi connectivity index (χ1v) is 15.4. The number of rotatable bonds is 11. The average molecular weight is 615 g/mol. The topological polar surface area (TPSA) is 90.4 Å². The van der Waals surface area contributed by atoms with E-state index in [1.807, 2.05) is 35.2 Å². The Hall–Kier alpha value is -2.49. The number of halogens is 1. The van der Waals surface area contributed by atoms with Crippen LogP contribution in [-0.2, 0) is 25.7 Å². The van der Waals surface area contributed by atoms with Crippen LogP contribution in [0.3, 0.4) is 0 Å². The van der Waals surface area contributed by atoms with Gasteiger partial charge in [-0.15, -0.1) is 13.2 Å². The number of carbonyl (C=O) groups is 3. The number of likely N-dealkylation sites (tertiary alicyclic amines) is 1. The third-order valence-corrected chi connectivity index (χ3v) is 10.00. The van der Waals surface area contributed by atoms with Crippen LogP contribution < -0.4 is 0 Å². The van der Waals surface area contributed by atoms with Gasteiger partial charge in [0, 0.05) is 37.0 Å². The highest BCUT2D eigenvalue weighted by Gasteiger charge is 2.77. The number of fused-ring (bicyclic) bond motifs is 1. The fraction of sp³-hybridized carbons (Fsp3) is 0.581. The van der Waals surface area contributed by atoms with Gasteiger partial charge in [0.15, 0.2) is 0 Å². The maximum atomic E-state index is 14.5. The van der Waals surface area contributed by atoms with Gasteiger partial charge in [0.05, 0.1) is 24.5 Å². The van der Waals surface area contributed by atoms with E-state index < -0.39 is 29.6 Å². The highest BCUT2D eigenvalue weighted by Crippen LogP contribution is 2.60. The zero-order valence-corrected chi connectivity index (χ0v) is 24.6. The molecule has 9 heteroatoms. The second kappa shape index (κ2) is 12.2. The molecule has 1 spiro atoms. The molecule has 3 heterocycles. The van der Waals surface area contributed by atoms with Crippen molar-refractivity contribution >= 4 is 33.7 Å². The fourth-order valence-corrected chi connectivity index (χ4v) is 8.49. The summed E-state index contributed by atoms with van der Waals surface area (Å²) >= 11 is 3.75. The lowest BCUT2D eigenvalue weighted by atomic mass is 9.70. The Morgan fingerprint density at radius 2 is 1.80 bits per heavy atom. The third kappa shape index (κ3) is 4.94. The maximum absolute atomic E-state index is 14.5. The van der Waals surface area contributed by atoms with Gasteiger partial charge in [-0.05, 0) is 24.8 Å². The Labute approximate surface area is 245 Å². The van der Waals surface area contributed by atoms with Crippen molar-refractivity contribution < 1.29 is 24.2 Å². The third-order valence-electron chi connectivity index (χ3n) is 9.15. The van der Waals surface area contributed by atoms with Crippen LogP contribution in [0.1, 0.15) is 44.1 Å². The van der Waals surface area contributed by atoms with Gasteiger partial charge in [0.2, 0.25) is 17.7 Å². The number of aliphatic hydroxyl groups is 1. The first-order chi connectivity index (χ1) is 19.4. The van der Waals surface area contributed by atoms with Crippen molar-refractivity contribution in [2.75, 3.05) is 26.2 Å². The van der Waals surface area contributed by atoms with Gasteiger partial charge >= 0.3 is 0 Å². The minimum Gasteiger partial charge on any atom is -0.395 e. The molecule has 3 saturated heterocycles. The second-order valence-electron chi connectivity index (χ2n) is 11.5. The first-order valence-electron chi connectivity index (χ1n) is 14.5. The molecular weight excluding hydrogens is 574 g/mol. The van der Waals surface area contributed by atoms with E-state index in [1.54, 1.807) is 17.1 Å². The number of β-amino-alcohol motifs (C(OH)–C–C–N with tert-alkyl or cyclic N) is 1. The Morgan fingerprint density at radius 1 is 1.10 bits per heavy atom. The highest BCUT2D eigenvalue weighted by atomic mass is 79.9. The van der Waals surface area contributed by atoms with Gasteiger partial charge in [0.25, 0.3) is 0 Å². The standard InChI is InChI=1S/C31H40BrN3O5/c1-3-15-33(20-21-11-7-5-8-12-21)28(37)24-25-29(38)35(17-18-36)27(31(25)19-23(32)26(24)40-31)30(39)34(16-4-2)22-13-9-6-10-14-22/h3-5,7-8,11-12,22-27,36H,1-2,6,9-10,13-20H2/t23?,24-,25+,26-,27?,31?/m1/s1. The summed E-state index contributed by atoms with van der Waals surface area (Å²) in [6.07, 6.45) is 8.44. The number of hydrogen-bond donors (Lipinski definition) is 1. The van der Waals surface area contributed by atoms with Gasteiger partial charge in [-0.1, -0.05) is 77.7 Å². The van der Waals surface area contributed by atoms with E-state index in [9.17, 15) is 19.5 Å². The molecule has 40 heavy (non-hydrogen) atoms. The predicted molar refractivity (Wildman–Crippen MR) is 155 cm³/mol. The van der Waals surface area contributed by atoms with Crippen molar-refractivity contribution in [1.29, 1.82) is 0 Å². The van der Waals surface area contributed by atoms with E-state index in [0.717, 1.165) is 37.7 Å². The van der Waals surface area contributed by atoms with E-state index >= 15 is 0 Å². The van der Waals surface area contributed by atoms with Crippen LogP contribution in [0, 0.1) is 11.8 Å². The van der Waals surface area contributed by atoms with Crippen LogP contribution in [0.5, 0.6) is 0 Å². The lowest BCUT2D eigenvalue weighted by molar-refractivity contribution is -0.151. The largest absolute Gasteiger partial charge is 0.395 e. The Bertz CT molecular complexity index is 1130. The summed E-state index contributed by atoms with van der Waals surface area (Å²) in [5.41, 5.74) is -0.157. The molecule has 4 fully saturated rings. The predicted octanol–water partition coefficient (Wildman–Crippen LogP) is 3.29. The SMILES string of the molecule is C=CCN(Cc1ccccc1)C(=O)[C@H]1[C@@H]2OC3(CC2Br)C(C(=O)N(CC=C)C2CCCCC2)N(CCO)C(=O)[C@H]13. The molecular formula is C31H40BrN3O5. The van der Waals surface area contributed by atoms with Gasteiger partial charge < -0.3 is 24.5 Å². The van der Waals surface area contributed by atoms with Gasteiger partial charge in [0.1, 0.15) is 11.6 Å². The maximum Gasteiger partial charge on any atom is 0.248 e.